The molecule has 22 heteroatoms. The van der Waals surface area contributed by atoms with E-state index in [1.807, 2.05) is 0 Å². The summed E-state index contributed by atoms with van der Waals surface area (Å²) in [7, 11) is 5.84. The summed E-state index contributed by atoms with van der Waals surface area (Å²) in [5, 5.41) is 13.3. The molecule has 3 aliphatic rings. The zero-order chi connectivity index (χ0) is 75.6. The van der Waals surface area contributed by atoms with Gasteiger partial charge in [0.15, 0.2) is 12.6 Å². The van der Waals surface area contributed by atoms with E-state index in [9.17, 15) is 0 Å². The first-order valence-electron chi connectivity index (χ1n) is 35.5. The van der Waals surface area contributed by atoms with E-state index in [4.69, 9.17) is 83.0 Å². The Hall–Kier alpha value is -7.68. The molecule has 3 fully saturated rings. The number of hydrogen-bond donors (Lipinski definition) is 3. The predicted molar refractivity (Wildman–Crippen MR) is 291 cm³/mol. The van der Waals surface area contributed by atoms with Gasteiger partial charge in [0.1, 0.15) is 54.4 Å². The zero-order valence-electron chi connectivity index (χ0n) is 66.0. The first-order valence-corrected chi connectivity index (χ1v) is 23.5. The van der Waals surface area contributed by atoms with E-state index in [0.29, 0.717) is 55.9 Å². The van der Waals surface area contributed by atoms with Crippen molar-refractivity contribution in [2.24, 2.45) is 17.8 Å². The van der Waals surface area contributed by atoms with E-state index >= 15 is 0 Å². The van der Waals surface area contributed by atoms with Gasteiger partial charge >= 0.3 is 0 Å². The van der Waals surface area contributed by atoms with Crippen molar-refractivity contribution >= 4 is 22.7 Å². The van der Waals surface area contributed by atoms with Gasteiger partial charge < -0.3 is 49.9 Å². The molecule has 77 heavy (non-hydrogen) atoms. The highest BCUT2D eigenvalue weighted by Gasteiger charge is 2.33. The van der Waals surface area contributed by atoms with Crippen LogP contribution in [0.3, 0.4) is 0 Å². The van der Waals surface area contributed by atoms with Crippen LogP contribution in [0.2, 0.25) is 0 Å². The number of nitrogens with zero attached hydrogens (tertiary/aromatic N) is 15. The number of nitrogens with two attached hydrogens (primary N) is 2. The molecular formula is C55H70N18O4. The van der Waals surface area contributed by atoms with Crippen molar-refractivity contribution in [3.63, 3.8) is 0 Å². The molecule has 0 unspecified atom stereocenters. The molecule has 0 saturated heterocycles. The molecule has 404 valence electrons. The first kappa shape index (κ1) is 32.1. The molecule has 7 aromatic rings. The Kier molecular flexibility index (Phi) is 11.4. The van der Waals surface area contributed by atoms with Crippen LogP contribution in [0, 0.1) is 37.5 Å². The number of H-pyrrole nitrogens is 1. The molecule has 0 spiro atoms. The van der Waals surface area contributed by atoms with E-state index < -0.39 is 145 Å². The Morgan fingerprint density at radius 3 is 1.27 bits per heavy atom. The van der Waals surface area contributed by atoms with Crippen LogP contribution in [0.4, 0.5) is 11.6 Å². The lowest BCUT2D eigenvalue weighted by Gasteiger charge is -2.19. The van der Waals surface area contributed by atoms with Gasteiger partial charge in [0.05, 0.1) is 35.7 Å². The fourth-order valence-corrected chi connectivity index (χ4v) is 8.31. The normalized spacial score (nSPS) is 28.6. The summed E-state index contributed by atoms with van der Waals surface area (Å²) in [4.78, 5) is 37.7. The van der Waals surface area contributed by atoms with Crippen LogP contribution in [-0.2, 0) is 31.8 Å². The van der Waals surface area contributed by atoms with E-state index in [0.717, 1.165) is 9.36 Å². The minimum absolute atomic E-state index is 0.171. The van der Waals surface area contributed by atoms with Crippen molar-refractivity contribution in [3.8, 4) is 33.8 Å². The second-order valence-corrected chi connectivity index (χ2v) is 16.7. The highest BCUT2D eigenvalue weighted by Crippen LogP contribution is 2.38. The minimum atomic E-state index is -3.16. The molecule has 10 rings (SSSR count). The highest BCUT2D eigenvalue weighted by molar-refractivity contribution is 5.90. The smallest absolute Gasteiger partial charge is 0.237 e. The van der Waals surface area contributed by atoms with Gasteiger partial charge in [-0.25, -0.2) is 49.6 Å². The average Bonchev–Trinajstić information content (AvgIpc) is 1.54. The summed E-state index contributed by atoms with van der Waals surface area (Å²) in [5.74, 6) is -5.18. The first-order chi connectivity index (χ1) is 46.7. The molecule has 0 aliphatic heterocycles. The SMILES string of the molecule is [2H]C1([2H])C([C@@H](C[N+]#[C-])n2cc(-c3ncnc(N)c3CC(OC)OC)cn2)C([2H])([2H])C([2H])([2H])C1([2H])[2H].[2H]C1([2H])C([C@@H](C[N+]#[C-])n2cc(-c3ncnc(N)c3CC(OC)OC)cn2)C([2H])([2H])C([2H])([2H])C1([2H])[2H].[2H]C1([2H])C([C@@H](C[N+]#[C-])n2cc(-c3ncnc4[nH]ccc34)cn2)C([2H])([2H])C([2H])([2H])C1([2H])[2H]. The maximum Gasteiger partial charge on any atom is 0.237 e. The number of ether oxygens (including phenoxy) is 4. The molecule has 22 nitrogen and oxygen atoms in total. The van der Waals surface area contributed by atoms with Crippen molar-refractivity contribution < 1.29 is 51.8 Å². The molecule has 3 atom stereocenters. The number of rotatable bonds is 20. The lowest BCUT2D eigenvalue weighted by Crippen LogP contribution is -2.20. The molecule has 0 aromatic carbocycles. The average molecular weight is 1070 g/mol. The third kappa shape index (κ3) is 13.5. The van der Waals surface area contributed by atoms with Crippen LogP contribution in [0.15, 0.2) is 68.4 Å². The van der Waals surface area contributed by atoms with Crippen LogP contribution in [0.25, 0.3) is 59.3 Å². The molecule has 0 radical (unpaired) electrons. The maximum absolute atomic E-state index is 8.37. The number of hydrogen-bond acceptors (Lipinski definition) is 15. The fraction of sp³-hybridized carbons (Fsp3) is 0.527. The van der Waals surface area contributed by atoms with Gasteiger partial charge in [-0.05, 0) is 62.1 Å². The standard InChI is InChI=1S/2C19H26N6O2.C17H18N6/c2*1-21-10-16(13-6-4-5-7-13)25-11-14(9-24-25)18-15(8-17(26-2)27-3)19(20)23-12-22-18;1-18-9-15(12-4-2-3-5-12)23-10-13(8-22-23)16-14-6-7-19-17(14)21-11-20-16/h2*9,11-13,16-17H,4-8,10H2,2-3H3,(H2,20,22,23);6-8,10-12,15H,2-5,9H2,(H,19,20,21)/t2*16-;15-/m111/s1/i2*4D2,5D2,6D2,7D2;2D2,3D2,4D2,5D2. The Morgan fingerprint density at radius 2 is 0.909 bits per heavy atom. The summed E-state index contributed by atoms with van der Waals surface area (Å²) in [6.45, 7) is 20.7. The monoisotopic (exact) mass is 1070 g/mol. The van der Waals surface area contributed by atoms with Crippen molar-refractivity contribution in [2.45, 2.75) is 120 Å². The lowest BCUT2D eigenvalue weighted by atomic mass is 9.98. The highest BCUT2D eigenvalue weighted by atomic mass is 16.7. The van der Waals surface area contributed by atoms with Gasteiger partial charge in [-0.15, -0.1) is 0 Å². The second kappa shape index (κ2) is 27.4. The molecule has 3 aliphatic carbocycles. The molecule has 5 N–H and O–H groups in total. The van der Waals surface area contributed by atoms with E-state index in [2.05, 4.69) is 64.7 Å². The zero-order valence-corrected chi connectivity index (χ0v) is 42.0. The quantitative estimate of drug-likeness (QED) is 0.0476. The summed E-state index contributed by atoms with van der Waals surface area (Å²) in [6, 6.07) is -2.09. The third-order valence-electron chi connectivity index (χ3n) is 12.3. The number of fused-ring (bicyclic) bond motifs is 1. The van der Waals surface area contributed by atoms with Crippen LogP contribution in [0.5, 0.6) is 0 Å². The Bertz CT molecular complexity index is 4000. The predicted octanol–water partition coefficient (Wildman–Crippen LogP) is 8.94. The Balaban J connectivity index is 0.000000193. The second-order valence-electron chi connectivity index (χ2n) is 16.7. The summed E-state index contributed by atoms with van der Waals surface area (Å²) in [5.41, 5.74) is 16.3. The van der Waals surface area contributed by atoms with Crippen molar-refractivity contribution in [1.29, 1.82) is 0 Å². The third-order valence-corrected chi connectivity index (χ3v) is 12.3. The Labute approximate surface area is 483 Å². The number of nitrogen functional groups attached to an aromatic ring is 2. The van der Waals surface area contributed by atoms with Crippen molar-refractivity contribution in [3.05, 3.63) is 114 Å². The van der Waals surface area contributed by atoms with Gasteiger partial charge in [-0.3, -0.25) is 14.0 Å². The summed E-state index contributed by atoms with van der Waals surface area (Å²) in [6.07, 6.45) is -23.3. The molecular weight excluding hydrogens is 977 g/mol. The van der Waals surface area contributed by atoms with E-state index in [1.165, 1.54) is 89.3 Å². The summed E-state index contributed by atoms with van der Waals surface area (Å²) < 4.78 is 221. The largest absolute Gasteiger partial charge is 0.383 e. The van der Waals surface area contributed by atoms with Crippen molar-refractivity contribution in [2.75, 3.05) is 59.5 Å². The lowest BCUT2D eigenvalue weighted by molar-refractivity contribution is -0.100. The van der Waals surface area contributed by atoms with Gasteiger partial charge in [0.2, 0.25) is 19.6 Å². The van der Waals surface area contributed by atoms with Crippen molar-refractivity contribution in [1.82, 2.24) is 64.2 Å². The molecule has 7 aromatic heterocycles. The summed E-state index contributed by atoms with van der Waals surface area (Å²) >= 11 is 0. The number of anilines is 2. The molecule has 0 bridgehead atoms. The number of aromatic nitrogens is 13. The van der Waals surface area contributed by atoms with Gasteiger partial charge in [0.25, 0.3) is 0 Å². The maximum atomic E-state index is 8.37. The minimum Gasteiger partial charge on any atom is -0.383 e. The van der Waals surface area contributed by atoms with Crippen LogP contribution >= 0.6 is 0 Å². The van der Waals surface area contributed by atoms with Crippen LogP contribution < -0.4 is 11.5 Å². The number of methoxy groups -OCH3 is 4. The van der Waals surface area contributed by atoms with E-state index in [1.54, 1.807) is 12.3 Å². The Morgan fingerprint density at radius 1 is 0.558 bits per heavy atom. The molecule has 3 saturated carbocycles. The van der Waals surface area contributed by atoms with Gasteiger partial charge in [-0.2, -0.15) is 15.3 Å². The number of aromatic amines is 1. The van der Waals surface area contributed by atoms with E-state index in [-0.39, 0.29) is 24.5 Å². The molecule has 7 heterocycles. The van der Waals surface area contributed by atoms with Gasteiger partial charge in [0, 0.05) is 132 Å². The van der Waals surface area contributed by atoms with Gasteiger partial charge in [-0.1, -0.05) is 38.2 Å². The fourth-order valence-electron chi connectivity index (χ4n) is 8.31. The number of nitrogens with one attached hydrogen (secondary N) is 1. The van der Waals surface area contributed by atoms with Crippen LogP contribution in [0.1, 0.15) is 139 Å². The topological polar surface area (TPSA) is 249 Å². The van der Waals surface area contributed by atoms with Crippen LogP contribution in [-0.4, -0.2) is 125 Å². The molecule has 0 amide bonds.